The standard InChI is InChI=1S/C11H15NO3/c1-7-5-3-4-6-9(7)10(13)8(2)15-11(12)14/h3-6,8,10,13H,1-2H3,(H2,12,14)/t8-,10+/m0/s1. The fraction of sp³-hybridized carbons (Fsp3) is 0.364. The molecule has 82 valence electrons. The Balaban J connectivity index is 2.80. The first-order chi connectivity index (χ1) is 7.02. The Morgan fingerprint density at radius 3 is 2.60 bits per heavy atom. The average Bonchev–Trinajstić information content (AvgIpc) is 2.16. The van der Waals surface area contributed by atoms with Crippen LogP contribution in [0.3, 0.4) is 0 Å². The highest BCUT2D eigenvalue weighted by atomic mass is 16.6. The monoisotopic (exact) mass is 209 g/mol. The molecule has 1 aromatic carbocycles. The van der Waals surface area contributed by atoms with Crippen molar-refractivity contribution in [3.63, 3.8) is 0 Å². The van der Waals surface area contributed by atoms with E-state index in [0.717, 1.165) is 11.1 Å². The van der Waals surface area contributed by atoms with Crippen molar-refractivity contribution in [3.8, 4) is 0 Å². The minimum Gasteiger partial charge on any atom is -0.444 e. The highest BCUT2D eigenvalue weighted by Crippen LogP contribution is 2.21. The summed E-state index contributed by atoms with van der Waals surface area (Å²) in [6.45, 7) is 3.48. The summed E-state index contributed by atoms with van der Waals surface area (Å²) in [6, 6.07) is 7.38. The summed E-state index contributed by atoms with van der Waals surface area (Å²) in [4.78, 5) is 10.5. The Morgan fingerprint density at radius 2 is 2.07 bits per heavy atom. The van der Waals surface area contributed by atoms with Gasteiger partial charge in [-0.25, -0.2) is 4.79 Å². The number of aliphatic hydroxyl groups is 1. The quantitative estimate of drug-likeness (QED) is 0.792. The van der Waals surface area contributed by atoms with E-state index in [1.807, 2.05) is 25.1 Å². The van der Waals surface area contributed by atoms with Gasteiger partial charge in [0.25, 0.3) is 0 Å². The van der Waals surface area contributed by atoms with E-state index < -0.39 is 18.3 Å². The summed E-state index contributed by atoms with van der Waals surface area (Å²) in [5.41, 5.74) is 6.57. The van der Waals surface area contributed by atoms with Crippen LogP contribution in [0.4, 0.5) is 4.79 Å². The molecule has 1 rings (SSSR count). The van der Waals surface area contributed by atoms with E-state index in [9.17, 15) is 9.90 Å². The van der Waals surface area contributed by atoms with Gasteiger partial charge in [-0.1, -0.05) is 24.3 Å². The van der Waals surface area contributed by atoms with Gasteiger partial charge in [0.1, 0.15) is 12.2 Å². The van der Waals surface area contributed by atoms with Crippen LogP contribution < -0.4 is 5.73 Å². The predicted molar refractivity (Wildman–Crippen MR) is 56.3 cm³/mol. The Hall–Kier alpha value is -1.55. The van der Waals surface area contributed by atoms with Crippen molar-refractivity contribution in [1.82, 2.24) is 0 Å². The molecular weight excluding hydrogens is 194 g/mol. The van der Waals surface area contributed by atoms with Gasteiger partial charge in [0.2, 0.25) is 0 Å². The molecular formula is C11H15NO3. The van der Waals surface area contributed by atoms with E-state index >= 15 is 0 Å². The number of nitrogens with two attached hydrogens (primary N) is 1. The van der Waals surface area contributed by atoms with Crippen LogP contribution in [0, 0.1) is 6.92 Å². The van der Waals surface area contributed by atoms with Crippen LogP contribution >= 0.6 is 0 Å². The molecule has 0 aliphatic carbocycles. The van der Waals surface area contributed by atoms with Gasteiger partial charge in [-0.05, 0) is 25.0 Å². The number of primary amides is 1. The molecule has 0 aliphatic rings. The topological polar surface area (TPSA) is 72.6 Å². The molecule has 0 heterocycles. The predicted octanol–water partition coefficient (Wildman–Crippen LogP) is 1.51. The summed E-state index contributed by atoms with van der Waals surface area (Å²) in [5, 5.41) is 9.89. The number of aryl methyl sites for hydroxylation is 1. The highest BCUT2D eigenvalue weighted by Gasteiger charge is 2.20. The van der Waals surface area contributed by atoms with Gasteiger partial charge in [-0.2, -0.15) is 0 Å². The zero-order valence-corrected chi connectivity index (χ0v) is 8.81. The van der Waals surface area contributed by atoms with Gasteiger partial charge >= 0.3 is 6.09 Å². The lowest BCUT2D eigenvalue weighted by molar-refractivity contribution is 0.0154. The number of ether oxygens (including phenoxy) is 1. The SMILES string of the molecule is Cc1ccccc1[C@H](O)[C@H](C)OC(N)=O. The van der Waals surface area contributed by atoms with Gasteiger partial charge in [0.05, 0.1) is 0 Å². The van der Waals surface area contributed by atoms with E-state index in [4.69, 9.17) is 10.5 Å². The number of aliphatic hydroxyl groups excluding tert-OH is 1. The summed E-state index contributed by atoms with van der Waals surface area (Å²) in [5.74, 6) is 0. The Kier molecular flexibility index (Phi) is 3.68. The summed E-state index contributed by atoms with van der Waals surface area (Å²) in [7, 11) is 0. The molecule has 0 unspecified atom stereocenters. The molecule has 1 aromatic rings. The first kappa shape index (κ1) is 11.5. The lowest BCUT2D eigenvalue weighted by Gasteiger charge is -2.20. The molecule has 0 fully saturated rings. The van der Waals surface area contributed by atoms with Crippen molar-refractivity contribution >= 4 is 6.09 Å². The minimum absolute atomic E-state index is 0.649. The maximum atomic E-state index is 10.5. The summed E-state index contributed by atoms with van der Waals surface area (Å²) < 4.78 is 4.71. The van der Waals surface area contributed by atoms with Crippen molar-refractivity contribution in [2.24, 2.45) is 5.73 Å². The third-order valence-electron chi connectivity index (χ3n) is 2.25. The molecule has 0 aliphatic heterocycles. The molecule has 1 amide bonds. The first-order valence-corrected chi connectivity index (χ1v) is 4.72. The van der Waals surface area contributed by atoms with Gasteiger partial charge in [0, 0.05) is 0 Å². The van der Waals surface area contributed by atoms with E-state index in [-0.39, 0.29) is 0 Å². The van der Waals surface area contributed by atoms with E-state index in [1.165, 1.54) is 0 Å². The molecule has 2 atom stereocenters. The van der Waals surface area contributed by atoms with Gasteiger partial charge in [0.15, 0.2) is 0 Å². The molecule has 0 saturated carbocycles. The second-order valence-corrected chi connectivity index (χ2v) is 3.44. The third-order valence-corrected chi connectivity index (χ3v) is 2.25. The van der Waals surface area contributed by atoms with Crippen LogP contribution in [0.25, 0.3) is 0 Å². The molecule has 0 radical (unpaired) electrons. The Labute approximate surface area is 88.7 Å². The second-order valence-electron chi connectivity index (χ2n) is 3.44. The molecule has 0 aromatic heterocycles. The largest absolute Gasteiger partial charge is 0.444 e. The van der Waals surface area contributed by atoms with Gasteiger partial charge < -0.3 is 15.6 Å². The minimum atomic E-state index is -0.880. The molecule has 3 N–H and O–H groups in total. The molecule has 0 saturated heterocycles. The lowest BCUT2D eigenvalue weighted by Crippen LogP contribution is -2.26. The molecule has 0 spiro atoms. The first-order valence-electron chi connectivity index (χ1n) is 4.72. The summed E-state index contributed by atoms with van der Waals surface area (Å²) >= 11 is 0. The smallest absolute Gasteiger partial charge is 0.404 e. The fourth-order valence-electron chi connectivity index (χ4n) is 1.42. The van der Waals surface area contributed by atoms with Crippen LogP contribution in [0.1, 0.15) is 24.2 Å². The maximum Gasteiger partial charge on any atom is 0.404 e. The van der Waals surface area contributed by atoms with Gasteiger partial charge in [-0.3, -0.25) is 0 Å². The van der Waals surface area contributed by atoms with Crippen molar-refractivity contribution in [2.75, 3.05) is 0 Å². The van der Waals surface area contributed by atoms with Crippen LogP contribution in [-0.4, -0.2) is 17.3 Å². The fourth-order valence-corrected chi connectivity index (χ4v) is 1.42. The maximum absolute atomic E-state index is 10.5. The van der Waals surface area contributed by atoms with Crippen molar-refractivity contribution in [1.29, 1.82) is 0 Å². The lowest BCUT2D eigenvalue weighted by atomic mass is 10.0. The zero-order chi connectivity index (χ0) is 11.4. The second kappa shape index (κ2) is 4.79. The third kappa shape index (κ3) is 2.95. The molecule has 15 heavy (non-hydrogen) atoms. The molecule has 4 nitrogen and oxygen atoms in total. The van der Waals surface area contributed by atoms with Gasteiger partial charge in [-0.15, -0.1) is 0 Å². The normalized spacial score (nSPS) is 14.3. The van der Waals surface area contributed by atoms with E-state index in [1.54, 1.807) is 13.0 Å². The van der Waals surface area contributed by atoms with Crippen molar-refractivity contribution in [3.05, 3.63) is 35.4 Å². The Morgan fingerprint density at radius 1 is 1.47 bits per heavy atom. The van der Waals surface area contributed by atoms with E-state index in [2.05, 4.69) is 0 Å². The number of hydrogen-bond acceptors (Lipinski definition) is 3. The number of hydrogen-bond donors (Lipinski definition) is 2. The number of carbonyl (C=O) groups is 1. The van der Waals surface area contributed by atoms with Crippen molar-refractivity contribution in [2.45, 2.75) is 26.1 Å². The molecule has 4 heteroatoms. The van der Waals surface area contributed by atoms with Crippen LogP contribution in [0.2, 0.25) is 0 Å². The zero-order valence-electron chi connectivity index (χ0n) is 8.81. The number of amides is 1. The van der Waals surface area contributed by atoms with E-state index in [0.29, 0.717) is 0 Å². The van der Waals surface area contributed by atoms with Crippen LogP contribution in [0.5, 0.6) is 0 Å². The average molecular weight is 209 g/mol. The number of benzene rings is 1. The van der Waals surface area contributed by atoms with Crippen LogP contribution in [0.15, 0.2) is 24.3 Å². The summed E-state index contributed by atoms with van der Waals surface area (Å²) in [6.07, 6.45) is -2.38. The van der Waals surface area contributed by atoms with Crippen LogP contribution in [-0.2, 0) is 4.74 Å². The number of rotatable bonds is 3. The van der Waals surface area contributed by atoms with Crippen molar-refractivity contribution < 1.29 is 14.6 Å². The highest BCUT2D eigenvalue weighted by molar-refractivity contribution is 5.64. The molecule has 0 bridgehead atoms. The number of carbonyl (C=O) groups excluding carboxylic acids is 1. The Bertz CT molecular complexity index is 351.